The van der Waals surface area contributed by atoms with Crippen molar-refractivity contribution in [3.8, 4) is 0 Å². The Hall–Kier alpha value is -1.73. The Bertz CT molecular complexity index is 584. The number of thiazole rings is 1. The largest absolute Gasteiger partial charge is 0.354 e. The van der Waals surface area contributed by atoms with Gasteiger partial charge in [-0.05, 0) is 20.8 Å². The predicted molar refractivity (Wildman–Crippen MR) is 78.6 cm³/mol. The number of carbonyl (C=O) groups excluding carboxylic acids is 1. The van der Waals surface area contributed by atoms with Gasteiger partial charge in [-0.2, -0.15) is 5.10 Å². The van der Waals surface area contributed by atoms with Gasteiger partial charge in [0.25, 0.3) is 0 Å². The highest BCUT2D eigenvalue weighted by Crippen LogP contribution is 2.17. The van der Waals surface area contributed by atoms with Crippen LogP contribution >= 0.6 is 11.3 Å². The fourth-order valence-electron chi connectivity index (χ4n) is 2.12. The van der Waals surface area contributed by atoms with E-state index in [-0.39, 0.29) is 5.91 Å². The van der Waals surface area contributed by atoms with E-state index in [9.17, 15) is 4.79 Å². The van der Waals surface area contributed by atoms with Gasteiger partial charge in [-0.1, -0.05) is 0 Å². The first-order valence-electron chi connectivity index (χ1n) is 6.44. The lowest BCUT2D eigenvalue weighted by molar-refractivity contribution is -0.122. The summed E-state index contributed by atoms with van der Waals surface area (Å²) in [5.74, 6) is -0.181. The third-order valence-corrected chi connectivity index (χ3v) is 4.27. The SMILES string of the molecule is Cc1ncsc1CCNC(=O)[C@H](N)c1c(C)n[nH]c1C. The third kappa shape index (κ3) is 3.05. The van der Waals surface area contributed by atoms with Crippen molar-refractivity contribution in [1.29, 1.82) is 0 Å². The summed E-state index contributed by atoms with van der Waals surface area (Å²) < 4.78 is 0. The van der Waals surface area contributed by atoms with Gasteiger partial charge in [-0.25, -0.2) is 4.98 Å². The molecule has 0 bridgehead atoms. The highest BCUT2D eigenvalue weighted by Gasteiger charge is 2.21. The Balaban J connectivity index is 1.91. The fourth-order valence-corrected chi connectivity index (χ4v) is 2.91. The van der Waals surface area contributed by atoms with Gasteiger partial charge in [0.15, 0.2) is 0 Å². The minimum atomic E-state index is -0.684. The molecule has 4 N–H and O–H groups in total. The summed E-state index contributed by atoms with van der Waals surface area (Å²) >= 11 is 1.60. The second-order valence-corrected chi connectivity index (χ2v) is 5.67. The molecular weight excluding hydrogens is 274 g/mol. The van der Waals surface area contributed by atoms with E-state index < -0.39 is 6.04 Å². The maximum absolute atomic E-state index is 12.1. The number of aryl methyl sites for hydroxylation is 3. The first-order valence-corrected chi connectivity index (χ1v) is 7.32. The second-order valence-electron chi connectivity index (χ2n) is 4.73. The Kier molecular flexibility index (Phi) is 4.51. The first kappa shape index (κ1) is 14.7. The number of aromatic nitrogens is 3. The van der Waals surface area contributed by atoms with Crippen LogP contribution in [0.1, 0.15) is 33.6 Å². The van der Waals surface area contributed by atoms with Crippen LogP contribution in [0.3, 0.4) is 0 Å². The van der Waals surface area contributed by atoms with Crippen molar-refractivity contribution in [2.75, 3.05) is 6.54 Å². The van der Waals surface area contributed by atoms with Gasteiger partial charge in [0.2, 0.25) is 5.91 Å². The molecule has 0 aliphatic carbocycles. The van der Waals surface area contributed by atoms with E-state index in [1.807, 2.05) is 26.3 Å². The van der Waals surface area contributed by atoms with Gasteiger partial charge in [0.1, 0.15) is 6.04 Å². The molecule has 0 aliphatic heterocycles. The first-order chi connectivity index (χ1) is 9.50. The lowest BCUT2D eigenvalue weighted by Gasteiger charge is -2.12. The number of nitrogens with zero attached hydrogens (tertiary/aromatic N) is 2. The van der Waals surface area contributed by atoms with E-state index in [1.165, 1.54) is 4.88 Å². The molecule has 7 heteroatoms. The molecule has 6 nitrogen and oxygen atoms in total. The van der Waals surface area contributed by atoms with Crippen molar-refractivity contribution < 1.29 is 4.79 Å². The van der Waals surface area contributed by atoms with Gasteiger partial charge in [-0.3, -0.25) is 9.89 Å². The van der Waals surface area contributed by atoms with E-state index in [4.69, 9.17) is 5.73 Å². The number of rotatable bonds is 5. The Morgan fingerprint density at radius 2 is 2.20 bits per heavy atom. The highest BCUT2D eigenvalue weighted by atomic mass is 32.1. The van der Waals surface area contributed by atoms with Crippen molar-refractivity contribution in [2.24, 2.45) is 5.73 Å². The molecule has 0 spiro atoms. The van der Waals surface area contributed by atoms with E-state index in [1.54, 1.807) is 11.3 Å². The van der Waals surface area contributed by atoms with Crippen molar-refractivity contribution in [3.63, 3.8) is 0 Å². The zero-order chi connectivity index (χ0) is 14.7. The van der Waals surface area contributed by atoms with Gasteiger partial charge in [0, 0.05) is 29.1 Å². The lowest BCUT2D eigenvalue weighted by Crippen LogP contribution is -2.35. The molecule has 2 heterocycles. The number of nitrogens with two attached hydrogens (primary N) is 1. The summed E-state index contributed by atoms with van der Waals surface area (Å²) in [6.45, 7) is 6.24. The third-order valence-electron chi connectivity index (χ3n) is 3.27. The van der Waals surface area contributed by atoms with Crippen molar-refractivity contribution in [3.05, 3.63) is 33.0 Å². The lowest BCUT2D eigenvalue weighted by atomic mass is 10.1. The number of nitrogens with one attached hydrogen (secondary N) is 2. The standard InChI is InChI=1S/C13H19N5OS/c1-7-10(20-6-16-7)4-5-15-13(19)12(14)11-8(2)17-18-9(11)3/h6,12H,4-5,14H2,1-3H3,(H,15,19)(H,17,18)/t12-/m1/s1. The van der Waals surface area contributed by atoms with E-state index in [2.05, 4.69) is 20.5 Å². The molecule has 0 aliphatic rings. The summed E-state index contributed by atoms with van der Waals surface area (Å²) in [4.78, 5) is 17.4. The zero-order valence-corrected chi connectivity index (χ0v) is 12.7. The normalized spacial score (nSPS) is 12.4. The Morgan fingerprint density at radius 1 is 1.45 bits per heavy atom. The van der Waals surface area contributed by atoms with Crippen LogP contribution < -0.4 is 11.1 Å². The summed E-state index contributed by atoms with van der Waals surface area (Å²) in [5.41, 5.74) is 11.2. The van der Waals surface area contributed by atoms with Gasteiger partial charge in [-0.15, -0.1) is 11.3 Å². The summed E-state index contributed by atoms with van der Waals surface area (Å²) in [7, 11) is 0. The number of hydrogen-bond donors (Lipinski definition) is 3. The van der Waals surface area contributed by atoms with Gasteiger partial charge in [0.05, 0.1) is 16.9 Å². The highest BCUT2D eigenvalue weighted by molar-refractivity contribution is 7.09. The molecule has 0 radical (unpaired) electrons. The number of hydrogen-bond acceptors (Lipinski definition) is 5. The average molecular weight is 293 g/mol. The maximum Gasteiger partial charge on any atom is 0.241 e. The number of amides is 1. The van der Waals surface area contributed by atoms with Crippen LogP contribution in [0.2, 0.25) is 0 Å². The van der Waals surface area contributed by atoms with Crippen molar-refractivity contribution in [2.45, 2.75) is 33.2 Å². The summed E-state index contributed by atoms with van der Waals surface area (Å²) in [5, 5.41) is 9.77. The molecule has 0 saturated heterocycles. The van der Waals surface area contributed by atoms with Crippen LogP contribution in [-0.4, -0.2) is 27.6 Å². The zero-order valence-electron chi connectivity index (χ0n) is 11.9. The molecule has 1 amide bonds. The van der Waals surface area contributed by atoms with Crippen molar-refractivity contribution in [1.82, 2.24) is 20.5 Å². The minimum Gasteiger partial charge on any atom is -0.354 e. The van der Waals surface area contributed by atoms with Gasteiger partial charge < -0.3 is 11.1 Å². The van der Waals surface area contributed by atoms with Crippen LogP contribution in [0.25, 0.3) is 0 Å². The van der Waals surface area contributed by atoms with Crippen LogP contribution in [-0.2, 0) is 11.2 Å². The molecule has 0 fully saturated rings. The average Bonchev–Trinajstić information content (AvgIpc) is 2.96. The summed E-state index contributed by atoms with van der Waals surface area (Å²) in [6, 6.07) is -0.684. The van der Waals surface area contributed by atoms with Crippen LogP contribution in [0, 0.1) is 20.8 Å². The molecular formula is C13H19N5OS. The van der Waals surface area contributed by atoms with E-state index >= 15 is 0 Å². The molecule has 108 valence electrons. The van der Waals surface area contributed by atoms with E-state index in [0.29, 0.717) is 6.54 Å². The van der Waals surface area contributed by atoms with Gasteiger partial charge >= 0.3 is 0 Å². The number of carbonyl (C=O) groups is 1. The molecule has 0 unspecified atom stereocenters. The monoisotopic (exact) mass is 293 g/mol. The molecule has 2 aromatic heterocycles. The smallest absolute Gasteiger partial charge is 0.241 e. The minimum absolute atomic E-state index is 0.181. The molecule has 20 heavy (non-hydrogen) atoms. The van der Waals surface area contributed by atoms with Crippen LogP contribution in [0.5, 0.6) is 0 Å². The van der Waals surface area contributed by atoms with Crippen LogP contribution in [0.15, 0.2) is 5.51 Å². The second kappa shape index (κ2) is 6.15. The molecule has 0 aromatic carbocycles. The van der Waals surface area contributed by atoms with E-state index in [0.717, 1.165) is 29.1 Å². The quantitative estimate of drug-likeness (QED) is 0.770. The topological polar surface area (TPSA) is 96.7 Å². The predicted octanol–water partition coefficient (Wildman–Crippen LogP) is 1.15. The fraction of sp³-hybridized carbons (Fsp3) is 0.462. The molecule has 2 rings (SSSR count). The molecule has 0 saturated carbocycles. The maximum atomic E-state index is 12.1. The number of aromatic amines is 1. The van der Waals surface area contributed by atoms with Crippen LogP contribution in [0.4, 0.5) is 0 Å². The molecule has 1 atom stereocenters. The Labute approximate surface area is 121 Å². The number of H-pyrrole nitrogens is 1. The van der Waals surface area contributed by atoms with Crippen molar-refractivity contribution >= 4 is 17.2 Å². The molecule has 2 aromatic rings. The summed E-state index contributed by atoms with van der Waals surface area (Å²) in [6.07, 6.45) is 0.776. The Morgan fingerprint density at radius 3 is 2.75 bits per heavy atom.